The molecule has 2 aromatic heterocycles. The van der Waals surface area contributed by atoms with E-state index in [0.29, 0.717) is 31.8 Å². The largest absolute Gasteiger partial charge is 0.490 e. The average molecular weight is 411 g/mol. The summed E-state index contributed by atoms with van der Waals surface area (Å²) in [5.41, 5.74) is 2.89. The van der Waals surface area contributed by atoms with Crippen molar-refractivity contribution in [2.75, 3.05) is 19.7 Å². The van der Waals surface area contributed by atoms with Crippen LogP contribution in [0.25, 0.3) is 5.78 Å². The minimum Gasteiger partial charge on any atom is -0.490 e. The Balaban J connectivity index is 1.34. The molecule has 1 amide bonds. The van der Waals surface area contributed by atoms with Crippen LogP contribution in [0, 0.1) is 25.6 Å². The molecule has 3 aromatic rings. The summed E-state index contributed by atoms with van der Waals surface area (Å²) in [6.45, 7) is 5.74. The van der Waals surface area contributed by atoms with Crippen LogP contribution in [0.15, 0.2) is 30.6 Å². The molecule has 0 aliphatic carbocycles. The highest BCUT2D eigenvalue weighted by Gasteiger charge is 2.24. The minimum atomic E-state index is -0.357. The summed E-state index contributed by atoms with van der Waals surface area (Å²) < 4.78 is 21.1. The van der Waals surface area contributed by atoms with Gasteiger partial charge in [-0.25, -0.2) is 13.9 Å². The second-order valence-electron chi connectivity index (χ2n) is 7.82. The molecule has 4 rings (SSSR count). The SMILES string of the molecule is Cc1nc2ncnn2c(C)c1CCC(=O)N1CCCC(COc2ccccc2F)C1. The molecule has 0 N–H and O–H groups in total. The molecule has 7 nitrogen and oxygen atoms in total. The molecule has 8 heteroatoms. The highest BCUT2D eigenvalue weighted by atomic mass is 19.1. The zero-order chi connectivity index (χ0) is 21.1. The van der Waals surface area contributed by atoms with Gasteiger partial charge in [0.25, 0.3) is 5.78 Å². The summed E-state index contributed by atoms with van der Waals surface area (Å²) in [6.07, 6.45) is 4.43. The highest BCUT2D eigenvalue weighted by molar-refractivity contribution is 5.76. The van der Waals surface area contributed by atoms with Crippen LogP contribution in [-0.4, -0.2) is 50.1 Å². The van der Waals surface area contributed by atoms with Gasteiger partial charge in [0.05, 0.1) is 6.61 Å². The zero-order valence-corrected chi connectivity index (χ0v) is 17.3. The number of hydrogen-bond acceptors (Lipinski definition) is 5. The van der Waals surface area contributed by atoms with E-state index in [4.69, 9.17) is 4.74 Å². The number of aryl methyl sites for hydroxylation is 2. The number of nitrogens with zero attached hydrogens (tertiary/aromatic N) is 5. The van der Waals surface area contributed by atoms with E-state index in [2.05, 4.69) is 15.1 Å². The van der Waals surface area contributed by atoms with Gasteiger partial charge in [0, 0.05) is 36.8 Å². The van der Waals surface area contributed by atoms with E-state index in [9.17, 15) is 9.18 Å². The van der Waals surface area contributed by atoms with Crippen LogP contribution < -0.4 is 4.74 Å². The van der Waals surface area contributed by atoms with Gasteiger partial charge >= 0.3 is 0 Å². The maximum Gasteiger partial charge on any atom is 0.252 e. The molecule has 0 radical (unpaired) electrons. The summed E-state index contributed by atoms with van der Waals surface area (Å²) in [4.78, 5) is 23.4. The van der Waals surface area contributed by atoms with E-state index >= 15 is 0 Å². The Hall–Kier alpha value is -3.03. The Morgan fingerprint density at radius 2 is 2.13 bits per heavy atom. The number of ether oxygens (including phenoxy) is 1. The van der Waals surface area contributed by atoms with Crippen molar-refractivity contribution in [2.45, 2.75) is 39.5 Å². The van der Waals surface area contributed by atoms with Gasteiger partial charge in [-0.05, 0) is 50.8 Å². The van der Waals surface area contributed by atoms with E-state index in [1.807, 2.05) is 18.7 Å². The number of carbonyl (C=O) groups excluding carboxylic acids is 1. The zero-order valence-electron chi connectivity index (χ0n) is 17.3. The molecule has 0 saturated carbocycles. The van der Waals surface area contributed by atoms with Crippen LogP contribution in [0.3, 0.4) is 0 Å². The van der Waals surface area contributed by atoms with Crippen molar-refractivity contribution < 1.29 is 13.9 Å². The minimum absolute atomic E-state index is 0.128. The number of rotatable bonds is 6. The maximum absolute atomic E-state index is 13.7. The molecule has 3 heterocycles. The molecule has 158 valence electrons. The third-order valence-electron chi connectivity index (χ3n) is 5.76. The van der Waals surface area contributed by atoms with Crippen LogP contribution in [0.4, 0.5) is 4.39 Å². The molecule has 30 heavy (non-hydrogen) atoms. The average Bonchev–Trinajstić information content (AvgIpc) is 3.21. The lowest BCUT2D eigenvalue weighted by Gasteiger charge is -2.33. The summed E-state index contributed by atoms with van der Waals surface area (Å²) in [6, 6.07) is 6.42. The van der Waals surface area contributed by atoms with Gasteiger partial charge in [0.2, 0.25) is 5.91 Å². The molecule has 1 aliphatic rings. The first-order valence-electron chi connectivity index (χ1n) is 10.3. The predicted octanol–water partition coefficient (Wildman–Crippen LogP) is 3.13. The number of carbonyl (C=O) groups is 1. The van der Waals surface area contributed by atoms with E-state index in [1.54, 1.807) is 22.7 Å². The Morgan fingerprint density at radius 1 is 1.30 bits per heavy atom. The third kappa shape index (κ3) is 4.27. The first-order valence-corrected chi connectivity index (χ1v) is 10.3. The molecule has 1 unspecified atom stereocenters. The summed E-state index contributed by atoms with van der Waals surface area (Å²) >= 11 is 0. The van der Waals surface area contributed by atoms with Crippen molar-refractivity contribution in [2.24, 2.45) is 5.92 Å². The summed E-state index contributed by atoms with van der Waals surface area (Å²) in [5, 5.41) is 4.21. The Morgan fingerprint density at radius 3 is 2.97 bits per heavy atom. The number of fused-ring (bicyclic) bond motifs is 1. The summed E-state index contributed by atoms with van der Waals surface area (Å²) in [5.74, 6) is 0.823. The first-order chi connectivity index (χ1) is 14.5. The molecular weight excluding hydrogens is 385 g/mol. The summed E-state index contributed by atoms with van der Waals surface area (Å²) in [7, 11) is 0. The Bertz CT molecular complexity index is 1050. The van der Waals surface area contributed by atoms with E-state index in [0.717, 1.165) is 36.3 Å². The second kappa shape index (κ2) is 8.77. The van der Waals surface area contributed by atoms with Gasteiger partial charge < -0.3 is 9.64 Å². The molecule has 1 aliphatic heterocycles. The topological polar surface area (TPSA) is 72.6 Å². The fraction of sp³-hybridized carbons (Fsp3) is 0.455. The lowest BCUT2D eigenvalue weighted by Crippen LogP contribution is -2.41. The van der Waals surface area contributed by atoms with E-state index in [1.165, 1.54) is 12.4 Å². The number of benzene rings is 1. The van der Waals surface area contributed by atoms with Gasteiger partial charge in [-0.2, -0.15) is 10.1 Å². The highest BCUT2D eigenvalue weighted by Crippen LogP contribution is 2.22. The van der Waals surface area contributed by atoms with Crippen molar-refractivity contribution in [3.05, 3.63) is 53.4 Å². The first kappa shape index (κ1) is 20.3. The number of piperidine rings is 1. The van der Waals surface area contributed by atoms with E-state index < -0.39 is 0 Å². The molecule has 1 aromatic carbocycles. The molecular formula is C22H26FN5O2. The normalized spacial score (nSPS) is 16.8. The third-order valence-corrected chi connectivity index (χ3v) is 5.76. The number of para-hydroxylation sites is 1. The second-order valence-corrected chi connectivity index (χ2v) is 7.82. The standard InChI is InChI=1S/C22H26FN5O2/c1-15-18(16(2)28-22(26-15)24-14-25-28)9-10-21(29)27-11-5-6-17(12-27)13-30-20-8-4-3-7-19(20)23/h3-4,7-8,14,17H,5-6,9-13H2,1-2H3. The van der Waals surface area contributed by atoms with Crippen molar-refractivity contribution in [3.8, 4) is 5.75 Å². The van der Waals surface area contributed by atoms with Gasteiger partial charge in [-0.3, -0.25) is 4.79 Å². The van der Waals surface area contributed by atoms with Crippen molar-refractivity contribution in [3.63, 3.8) is 0 Å². The number of amides is 1. The number of hydrogen-bond donors (Lipinski definition) is 0. The molecule has 1 fully saturated rings. The lowest BCUT2D eigenvalue weighted by atomic mass is 9.98. The van der Waals surface area contributed by atoms with Crippen molar-refractivity contribution >= 4 is 11.7 Å². The van der Waals surface area contributed by atoms with Crippen molar-refractivity contribution in [1.29, 1.82) is 0 Å². The molecule has 0 spiro atoms. The van der Waals surface area contributed by atoms with Crippen LogP contribution in [0.5, 0.6) is 5.75 Å². The van der Waals surface area contributed by atoms with Crippen molar-refractivity contribution in [1.82, 2.24) is 24.5 Å². The monoisotopic (exact) mass is 411 g/mol. The number of aromatic nitrogens is 4. The van der Waals surface area contributed by atoms with Gasteiger partial charge in [-0.15, -0.1) is 0 Å². The van der Waals surface area contributed by atoms with Crippen LogP contribution in [0.1, 0.15) is 36.2 Å². The number of halogens is 1. The van der Waals surface area contributed by atoms with Crippen LogP contribution in [0.2, 0.25) is 0 Å². The number of likely N-dealkylation sites (tertiary alicyclic amines) is 1. The maximum atomic E-state index is 13.7. The Labute approximate surface area is 174 Å². The van der Waals surface area contributed by atoms with Crippen LogP contribution in [-0.2, 0) is 11.2 Å². The van der Waals surface area contributed by atoms with Gasteiger partial charge in [0.1, 0.15) is 6.33 Å². The molecule has 0 bridgehead atoms. The predicted molar refractivity (Wildman–Crippen MR) is 110 cm³/mol. The fourth-order valence-electron chi connectivity index (χ4n) is 4.10. The molecule has 1 atom stereocenters. The lowest BCUT2D eigenvalue weighted by molar-refractivity contribution is -0.133. The fourth-order valence-corrected chi connectivity index (χ4v) is 4.10. The van der Waals surface area contributed by atoms with E-state index in [-0.39, 0.29) is 23.4 Å². The van der Waals surface area contributed by atoms with Gasteiger partial charge in [0.15, 0.2) is 11.6 Å². The quantitative estimate of drug-likeness (QED) is 0.623. The smallest absolute Gasteiger partial charge is 0.252 e. The molecule has 1 saturated heterocycles. The Kier molecular flexibility index (Phi) is 5.92. The van der Waals surface area contributed by atoms with Crippen LogP contribution >= 0.6 is 0 Å². The van der Waals surface area contributed by atoms with Gasteiger partial charge in [-0.1, -0.05) is 12.1 Å².